The Kier molecular flexibility index (Phi) is 7.60. The highest BCUT2D eigenvalue weighted by molar-refractivity contribution is 6.12. The Morgan fingerprint density at radius 3 is 1.28 bits per heavy atom. The number of halogens is 1. The number of hydrogen-bond acceptors (Lipinski definition) is 3. The molecule has 0 unspecified atom stereocenters. The number of hydrogen-bond donors (Lipinski definition) is 0. The monoisotopic (exact) mass is 733 g/mol. The van der Waals surface area contributed by atoms with E-state index >= 15 is 4.39 Å². The molecule has 0 bridgehead atoms. The van der Waals surface area contributed by atoms with Crippen molar-refractivity contribution >= 4 is 43.6 Å². The van der Waals surface area contributed by atoms with Crippen LogP contribution in [-0.2, 0) is 0 Å². The van der Waals surface area contributed by atoms with Crippen molar-refractivity contribution in [1.82, 2.24) is 24.1 Å². The van der Waals surface area contributed by atoms with Gasteiger partial charge in [0.05, 0.1) is 27.6 Å². The molecule has 0 saturated heterocycles. The van der Waals surface area contributed by atoms with E-state index in [1.54, 1.807) is 12.1 Å². The molecule has 3 aromatic heterocycles. The van der Waals surface area contributed by atoms with E-state index in [1.807, 2.05) is 72.8 Å². The van der Waals surface area contributed by atoms with Gasteiger partial charge in [-0.15, -0.1) is 0 Å². The van der Waals surface area contributed by atoms with Gasteiger partial charge in [0.2, 0.25) is 0 Å². The summed E-state index contributed by atoms with van der Waals surface area (Å²) in [4.78, 5) is 14.3. The van der Waals surface area contributed by atoms with Crippen molar-refractivity contribution in [2.24, 2.45) is 0 Å². The van der Waals surface area contributed by atoms with Gasteiger partial charge in [-0.25, -0.2) is 19.3 Å². The Balaban J connectivity index is 1.02. The standard InChI is InChI=1S/C51H32FN5/c52-44-32-38(26-27-41(44)51-54-49(33-14-4-1-5-15-33)53-50(55-51)34-16-6-2-7-17-34)57-46-23-13-11-21-40(46)43-31-36(25-29-48(43)57)35-24-28-47-42(30-35)39-20-10-12-22-45(39)56(47)37-18-8-3-9-19-37/h1-32H. The van der Waals surface area contributed by atoms with Crippen LogP contribution in [0.15, 0.2) is 194 Å². The molecular weight excluding hydrogens is 702 g/mol. The van der Waals surface area contributed by atoms with Gasteiger partial charge < -0.3 is 9.13 Å². The fraction of sp³-hybridized carbons (Fsp3) is 0. The van der Waals surface area contributed by atoms with Crippen LogP contribution in [0.1, 0.15) is 0 Å². The number of benzene rings is 8. The lowest BCUT2D eigenvalue weighted by molar-refractivity contribution is 0.629. The number of rotatable bonds is 6. The third kappa shape index (κ3) is 5.49. The number of fused-ring (bicyclic) bond motifs is 6. The molecule has 0 aliphatic rings. The van der Waals surface area contributed by atoms with Gasteiger partial charge in [0.25, 0.3) is 0 Å². The number of aromatic nitrogens is 5. The average molecular weight is 734 g/mol. The molecule has 0 N–H and O–H groups in total. The van der Waals surface area contributed by atoms with Crippen LogP contribution in [0.5, 0.6) is 0 Å². The van der Waals surface area contributed by atoms with Gasteiger partial charge >= 0.3 is 0 Å². The molecular formula is C51H32FN5. The summed E-state index contributed by atoms with van der Waals surface area (Å²) in [5.74, 6) is 0.842. The fourth-order valence-electron chi connectivity index (χ4n) is 8.19. The van der Waals surface area contributed by atoms with Crippen LogP contribution in [0.25, 0.3) is 100 Å². The molecule has 5 nitrogen and oxygen atoms in total. The predicted molar refractivity (Wildman–Crippen MR) is 230 cm³/mol. The van der Waals surface area contributed by atoms with E-state index in [4.69, 9.17) is 15.0 Å². The molecule has 268 valence electrons. The Bertz CT molecular complexity index is 3240. The molecule has 0 aliphatic heterocycles. The van der Waals surface area contributed by atoms with Crippen LogP contribution < -0.4 is 0 Å². The van der Waals surface area contributed by atoms with Crippen LogP contribution in [0.4, 0.5) is 4.39 Å². The Labute approximate surface area is 327 Å². The summed E-state index contributed by atoms with van der Waals surface area (Å²) >= 11 is 0. The second-order valence-electron chi connectivity index (χ2n) is 14.2. The average Bonchev–Trinajstić information content (AvgIpc) is 3.79. The molecule has 0 amide bonds. The first-order valence-corrected chi connectivity index (χ1v) is 19.0. The SMILES string of the molecule is Fc1cc(-n2c3ccccc3c3cc(-c4ccc5c(c4)c4ccccc4n5-c4ccccc4)ccc32)ccc1-c1nc(-c2ccccc2)nc(-c2ccccc2)n1. The van der Waals surface area contributed by atoms with E-state index < -0.39 is 5.82 Å². The van der Waals surface area contributed by atoms with Gasteiger partial charge in [-0.2, -0.15) is 0 Å². The molecule has 8 aromatic carbocycles. The molecule has 0 spiro atoms. The maximum Gasteiger partial charge on any atom is 0.167 e. The first-order chi connectivity index (χ1) is 28.2. The predicted octanol–water partition coefficient (Wildman–Crippen LogP) is 12.9. The third-order valence-electron chi connectivity index (χ3n) is 10.8. The lowest BCUT2D eigenvalue weighted by atomic mass is 10.0. The molecule has 11 aromatic rings. The molecule has 0 atom stereocenters. The molecule has 6 heteroatoms. The van der Waals surface area contributed by atoms with Crippen molar-refractivity contribution in [3.63, 3.8) is 0 Å². The lowest BCUT2D eigenvalue weighted by Gasteiger charge is -2.12. The molecule has 57 heavy (non-hydrogen) atoms. The highest BCUT2D eigenvalue weighted by atomic mass is 19.1. The minimum absolute atomic E-state index is 0.280. The van der Waals surface area contributed by atoms with E-state index in [2.05, 4.69) is 118 Å². The zero-order chi connectivity index (χ0) is 37.9. The topological polar surface area (TPSA) is 48.5 Å². The summed E-state index contributed by atoms with van der Waals surface area (Å²) in [5.41, 5.74) is 10.4. The highest BCUT2D eigenvalue weighted by Gasteiger charge is 2.19. The summed E-state index contributed by atoms with van der Waals surface area (Å²) in [5, 5.41) is 4.61. The van der Waals surface area contributed by atoms with E-state index in [1.165, 1.54) is 21.8 Å². The van der Waals surface area contributed by atoms with Gasteiger partial charge in [0.15, 0.2) is 17.5 Å². The highest BCUT2D eigenvalue weighted by Crippen LogP contribution is 2.39. The van der Waals surface area contributed by atoms with Crippen LogP contribution in [0, 0.1) is 5.82 Å². The van der Waals surface area contributed by atoms with Crippen LogP contribution in [0.3, 0.4) is 0 Å². The summed E-state index contributed by atoms with van der Waals surface area (Å²) in [7, 11) is 0. The largest absolute Gasteiger partial charge is 0.309 e. The van der Waals surface area contributed by atoms with E-state index in [0.29, 0.717) is 22.9 Å². The summed E-state index contributed by atoms with van der Waals surface area (Å²) in [6, 6.07) is 65.5. The number of para-hydroxylation sites is 3. The minimum atomic E-state index is -0.415. The quantitative estimate of drug-likeness (QED) is 0.171. The summed E-state index contributed by atoms with van der Waals surface area (Å²) in [6.07, 6.45) is 0. The van der Waals surface area contributed by atoms with Crippen molar-refractivity contribution in [1.29, 1.82) is 0 Å². The normalized spacial score (nSPS) is 11.6. The van der Waals surface area contributed by atoms with Crippen LogP contribution >= 0.6 is 0 Å². The van der Waals surface area contributed by atoms with Gasteiger partial charge in [-0.1, -0.05) is 127 Å². The van der Waals surface area contributed by atoms with Crippen LogP contribution in [-0.4, -0.2) is 24.1 Å². The second-order valence-corrected chi connectivity index (χ2v) is 14.2. The van der Waals surface area contributed by atoms with Crippen molar-refractivity contribution in [3.05, 3.63) is 200 Å². The molecule has 3 heterocycles. The fourth-order valence-corrected chi connectivity index (χ4v) is 8.19. The maximum absolute atomic E-state index is 16.5. The van der Waals surface area contributed by atoms with Crippen molar-refractivity contribution < 1.29 is 4.39 Å². The van der Waals surface area contributed by atoms with Crippen molar-refractivity contribution in [3.8, 4) is 56.7 Å². The second kappa shape index (κ2) is 13.3. The first kappa shape index (κ1) is 32.7. The molecule has 0 radical (unpaired) electrons. The van der Waals surface area contributed by atoms with E-state index in [9.17, 15) is 0 Å². The lowest BCUT2D eigenvalue weighted by Crippen LogP contribution is -2.02. The molecule has 0 fully saturated rings. The smallest absolute Gasteiger partial charge is 0.167 e. The summed E-state index contributed by atoms with van der Waals surface area (Å²) in [6.45, 7) is 0. The summed E-state index contributed by atoms with van der Waals surface area (Å²) < 4.78 is 21.0. The Morgan fingerprint density at radius 1 is 0.316 bits per heavy atom. The van der Waals surface area contributed by atoms with E-state index in [0.717, 1.165) is 49.7 Å². The number of nitrogens with zero attached hydrogens (tertiary/aromatic N) is 5. The van der Waals surface area contributed by atoms with Gasteiger partial charge in [0.1, 0.15) is 5.82 Å². The molecule has 11 rings (SSSR count). The molecule has 0 saturated carbocycles. The van der Waals surface area contributed by atoms with Crippen LogP contribution in [0.2, 0.25) is 0 Å². The zero-order valence-corrected chi connectivity index (χ0v) is 30.6. The Hall–Kier alpha value is -7.70. The zero-order valence-electron chi connectivity index (χ0n) is 30.6. The third-order valence-corrected chi connectivity index (χ3v) is 10.8. The Morgan fingerprint density at radius 2 is 0.754 bits per heavy atom. The molecule has 0 aliphatic carbocycles. The van der Waals surface area contributed by atoms with E-state index in [-0.39, 0.29) is 5.82 Å². The minimum Gasteiger partial charge on any atom is -0.309 e. The van der Waals surface area contributed by atoms with Gasteiger partial charge in [-0.05, 0) is 77.9 Å². The van der Waals surface area contributed by atoms with Gasteiger partial charge in [-0.3, -0.25) is 0 Å². The maximum atomic E-state index is 16.5. The van der Waals surface area contributed by atoms with Crippen molar-refractivity contribution in [2.75, 3.05) is 0 Å². The van der Waals surface area contributed by atoms with Crippen molar-refractivity contribution in [2.45, 2.75) is 0 Å². The first-order valence-electron chi connectivity index (χ1n) is 19.0. The van der Waals surface area contributed by atoms with Gasteiger partial charge in [0, 0.05) is 44.0 Å².